The maximum absolute atomic E-state index is 13.9. The van der Waals surface area contributed by atoms with Crippen molar-refractivity contribution >= 4 is 5.91 Å². The molecule has 1 aliphatic rings. The molecule has 0 aliphatic carbocycles. The molecule has 2 unspecified atom stereocenters. The Hall–Kier alpha value is -2.24. The summed E-state index contributed by atoms with van der Waals surface area (Å²) in [5.74, 6) is -0.489. The molecule has 2 aromatic rings. The van der Waals surface area contributed by atoms with E-state index in [2.05, 4.69) is 0 Å². The van der Waals surface area contributed by atoms with Crippen LogP contribution in [-0.4, -0.2) is 35.6 Å². The number of aliphatic hydroxyl groups excluding tert-OH is 1. The Balaban J connectivity index is 1.64. The Morgan fingerprint density at radius 3 is 2.67 bits per heavy atom. The molecule has 1 saturated heterocycles. The summed E-state index contributed by atoms with van der Waals surface area (Å²) in [7, 11) is 0. The van der Waals surface area contributed by atoms with Gasteiger partial charge in [-0.25, -0.2) is 4.39 Å². The molecule has 2 atom stereocenters. The number of carbonyl (C=O) groups excluding carboxylic acids is 1. The number of carbonyl (C=O) groups is 1. The molecule has 0 radical (unpaired) electrons. The fraction of sp³-hybridized carbons (Fsp3) is 0.316. The highest BCUT2D eigenvalue weighted by Gasteiger charge is 2.28. The molecule has 24 heavy (non-hydrogen) atoms. The molecule has 1 fully saturated rings. The molecule has 4 nitrogen and oxygen atoms in total. The summed E-state index contributed by atoms with van der Waals surface area (Å²) in [6, 6.07) is 15.5. The molecule has 3 rings (SSSR count). The van der Waals surface area contributed by atoms with E-state index in [4.69, 9.17) is 4.74 Å². The van der Waals surface area contributed by atoms with Gasteiger partial charge in [-0.1, -0.05) is 48.5 Å². The molecule has 1 heterocycles. The minimum atomic E-state index is -0.839. The van der Waals surface area contributed by atoms with Crippen LogP contribution >= 0.6 is 0 Å². The predicted molar refractivity (Wildman–Crippen MR) is 87.7 cm³/mol. The number of benzene rings is 2. The molecule has 1 amide bonds. The largest absolute Gasteiger partial charge is 0.388 e. The van der Waals surface area contributed by atoms with Crippen molar-refractivity contribution in [1.82, 2.24) is 4.90 Å². The lowest BCUT2D eigenvalue weighted by atomic mass is 10.0. The lowest BCUT2D eigenvalue weighted by molar-refractivity contribution is -0.141. The van der Waals surface area contributed by atoms with Crippen molar-refractivity contribution in [1.29, 1.82) is 0 Å². The Kier molecular flexibility index (Phi) is 5.23. The first-order chi connectivity index (χ1) is 11.6. The maximum Gasteiger partial charge on any atom is 0.225 e. The summed E-state index contributed by atoms with van der Waals surface area (Å²) in [4.78, 5) is 14.1. The topological polar surface area (TPSA) is 49.8 Å². The van der Waals surface area contributed by atoms with Crippen LogP contribution in [0.4, 0.5) is 4.39 Å². The summed E-state index contributed by atoms with van der Waals surface area (Å²) in [6.07, 6.45) is -1.31. The van der Waals surface area contributed by atoms with Gasteiger partial charge in [0, 0.05) is 12.1 Å². The van der Waals surface area contributed by atoms with E-state index in [1.165, 1.54) is 6.07 Å². The molecule has 2 aromatic carbocycles. The zero-order valence-electron chi connectivity index (χ0n) is 13.3. The van der Waals surface area contributed by atoms with E-state index in [1.807, 2.05) is 18.2 Å². The van der Waals surface area contributed by atoms with Crippen molar-refractivity contribution in [3.8, 4) is 0 Å². The van der Waals surface area contributed by atoms with Crippen LogP contribution in [0.5, 0.6) is 0 Å². The molecule has 0 spiro atoms. The van der Waals surface area contributed by atoms with Crippen molar-refractivity contribution in [3.63, 3.8) is 0 Å². The van der Waals surface area contributed by atoms with Gasteiger partial charge in [-0.3, -0.25) is 4.79 Å². The molecule has 5 heteroatoms. The number of hydrogen-bond acceptors (Lipinski definition) is 3. The second kappa shape index (κ2) is 7.55. The molecule has 0 saturated carbocycles. The summed E-state index contributed by atoms with van der Waals surface area (Å²) in [5.41, 5.74) is 1.17. The number of hydrogen-bond donors (Lipinski definition) is 1. The van der Waals surface area contributed by atoms with E-state index in [0.29, 0.717) is 30.8 Å². The summed E-state index contributed by atoms with van der Waals surface area (Å²) >= 11 is 0. The van der Waals surface area contributed by atoms with E-state index in [1.54, 1.807) is 35.2 Å². The third kappa shape index (κ3) is 3.80. The number of aliphatic hydroxyl groups is 1. The SMILES string of the molecule is O=C(CC(O)c1ccccc1)N1CCOC(c2ccccc2F)C1. The monoisotopic (exact) mass is 329 g/mol. The van der Waals surface area contributed by atoms with Crippen molar-refractivity contribution in [2.24, 2.45) is 0 Å². The molecule has 0 bridgehead atoms. The van der Waals surface area contributed by atoms with Gasteiger partial charge in [0.05, 0.1) is 25.7 Å². The van der Waals surface area contributed by atoms with Crippen LogP contribution in [-0.2, 0) is 9.53 Å². The normalized spacial score (nSPS) is 19.1. The van der Waals surface area contributed by atoms with E-state index in [-0.39, 0.29) is 18.1 Å². The number of rotatable bonds is 4. The molecular weight excluding hydrogens is 309 g/mol. The van der Waals surface area contributed by atoms with Gasteiger partial charge in [-0.2, -0.15) is 0 Å². The smallest absolute Gasteiger partial charge is 0.225 e. The van der Waals surface area contributed by atoms with Crippen LogP contribution in [0.3, 0.4) is 0 Å². The number of halogens is 1. The fourth-order valence-electron chi connectivity index (χ4n) is 2.89. The van der Waals surface area contributed by atoms with Crippen LogP contribution in [0.25, 0.3) is 0 Å². The summed E-state index contributed by atoms with van der Waals surface area (Å²) in [6.45, 7) is 1.10. The highest BCUT2D eigenvalue weighted by Crippen LogP contribution is 2.26. The maximum atomic E-state index is 13.9. The first kappa shape index (κ1) is 16.6. The van der Waals surface area contributed by atoms with Crippen molar-refractivity contribution in [3.05, 3.63) is 71.5 Å². The van der Waals surface area contributed by atoms with Gasteiger partial charge in [-0.05, 0) is 11.6 Å². The summed E-state index contributed by atoms with van der Waals surface area (Å²) < 4.78 is 19.5. The first-order valence-electron chi connectivity index (χ1n) is 8.02. The molecular formula is C19H20FNO3. The zero-order valence-corrected chi connectivity index (χ0v) is 13.3. The van der Waals surface area contributed by atoms with Gasteiger partial charge in [0.1, 0.15) is 11.9 Å². The van der Waals surface area contributed by atoms with Crippen LogP contribution in [0, 0.1) is 5.82 Å². The van der Waals surface area contributed by atoms with Crippen molar-refractivity contribution in [2.45, 2.75) is 18.6 Å². The van der Waals surface area contributed by atoms with Crippen molar-refractivity contribution in [2.75, 3.05) is 19.7 Å². The molecule has 1 N–H and O–H groups in total. The Labute approximate surface area is 140 Å². The highest BCUT2D eigenvalue weighted by atomic mass is 19.1. The van der Waals surface area contributed by atoms with Crippen LogP contribution < -0.4 is 0 Å². The van der Waals surface area contributed by atoms with Gasteiger partial charge in [0.15, 0.2) is 0 Å². The Morgan fingerprint density at radius 2 is 1.92 bits per heavy atom. The number of amides is 1. The van der Waals surface area contributed by atoms with E-state index in [0.717, 1.165) is 0 Å². The van der Waals surface area contributed by atoms with Gasteiger partial charge in [0.2, 0.25) is 5.91 Å². The third-order valence-electron chi connectivity index (χ3n) is 4.22. The average molecular weight is 329 g/mol. The van der Waals surface area contributed by atoms with Gasteiger partial charge in [-0.15, -0.1) is 0 Å². The van der Waals surface area contributed by atoms with E-state index >= 15 is 0 Å². The second-order valence-electron chi connectivity index (χ2n) is 5.85. The van der Waals surface area contributed by atoms with Crippen LogP contribution in [0.15, 0.2) is 54.6 Å². The van der Waals surface area contributed by atoms with E-state index in [9.17, 15) is 14.3 Å². The minimum absolute atomic E-state index is 0.00794. The van der Waals surface area contributed by atoms with Gasteiger partial charge < -0.3 is 14.7 Å². The second-order valence-corrected chi connectivity index (χ2v) is 5.85. The average Bonchev–Trinajstić information content (AvgIpc) is 2.63. The molecule has 0 aromatic heterocycles. The lowest BCUT2D eigenvalue weighted by Gasteiger charge is -2.33. The number of ether oxygens (including phenoxy) is 1. The molecule has 1 aliphatic heterocycles. The lowest BCUT2D eigenvalue weighted by Crippen LogP contribution is -2.42. The van der Waals surface area contributed by atoms with Crippen LogP contribution in [0.2, 0.25) is 0 Å². The van der Waals surface area contributed by atoms with E-state index < -0.39 is 12.2 Å². The minimum Gasteiger partial charge on any atom is -0.388 e. The third-order valence-corrected chi connectivity index (χ3v) is 4.22. The Bertz CT molecular complexity index is 692. The molecule has 126 valence electrons. The van der Waals surface area contributed by atoms with Gasteiger partial charge >= 0.3 is 0 Å². The van der Waals surface area contributed by atoms with Crippen molar-refractivity contribution < 1.29 is 19.0 Å². The number of morpholine rings is 1. The van der Waals surface area contributed by atoms with Crippen LogP contribution in [0.1, 0.15) is 29.8 Å². The first-order valence-corrected chi connectivity index (χ1v) is 8.02. The highest BCUT2D eigenvalue weighted by molar-refractivity contribution is 5.77. The summed E-state index contributed by atoms with van der Waals surface area (Å²) in [5, 5.41) is 10.2. The Morgan fingerprint density at radius 1 is 1.21 bits per heavy atom. The quantitative estimate of drug-likeness (QED) is 0.938. The fourth-order valence-corrected chi connectivity index (χ4v) is 2.89. The predicted octanol–water partition coefficient (Wildman–Crippen LogP) is 2.85. The zero-order chi connectivity index (χ0) is 16.9. The standard InChI is InChI=1S/C19H20FNO3/c20-16-9-5-4-8-15(16)18-13-21(10-11-24-18)19(23)12-17(22)14-6-2-1-3-7-14/h1-9,17-18,22H,10-13H2. The number of nitrogens with zero attached hydrogens (tertiary/aromatic N) is 1. The van der Waals surface area contributed by atoms with Gasteiger partial charge in [0.25, 0.3) is 0 Å².